The van der Waals surface area contributed by atoms with E-state index in [1.165, 1.54) is 29.8 Å². The number of unbranched alkanes of at least 4 members (excludes halogenated alkanes) is 1. The maximum absolute atomic E-state index is 12.3. The molecule has 0 bridgehead atoms. The molecule has 0 radical (unpaired) electrons. The van der Waals surface area contributed by atoms with E-state index in [2.05, 4.69) is 4.72 Å². The third kappa shape index (κ3) is 4.95. The molecule has 9 heteroatoms. The van der Waals surface area contributed by atoms with E-state index in [0.717, 1.165) is 6.42 Å². The summed E-state index contributed by atoms with van der Waals surface area (Å²) < 4.78 is 33.6. The number of hydrogen-bond donors (Lipinski definition) is 2. The second-order valence-electron chi connectivity index (χ2n) is 5.88. The van der Waals surface area contributed by atoms with E-state index in [9.17, 15) is 23.1 Å². The van der Waals surface area contributed by atoms with Gasteiger partial charge in [-0.2, -0.15) is 0 Å². The van der Waals surface area contributed by atoms with Gasteiger partial charge in [-0.25, -0.2) is 17.9 Å². The molecule has 146 valence electrons. The molecule has 0 saturated heterocycles. The molecular weight excluding hydrogens is 372 g/mol. The summed E-state index contributed by atoms with van der Waals surface area (Å²) in [6, 6.07) is 8.94. The second-order valence-corrected chi connectivity index (χ2v) is 7.65. The fourth-order valence-corrected chi connectivity index (χ4v) is 3.47. The van der Waals surface area contributed by atoms with Gasteiger partial charge < -0.3 is 14.4 Å². The summed E-state index contributed by atoms with van der Waals surface area (Å²) in [4.78, 5) is 24.0. The quantitative estimate of drug-likeness (QED) is 0.626. The topological polar surface area (TPSA) is 115 Å². The Balaban J connectivity index is 2.33. The van der Waals surface area contributed by atoms with Crippen LogP contribution in [0.15, 0.2) is 46.1 Å². The molecule has 2 rings (SSSR count). The number of pyridine rings is 1. The van der Waals surface area contributed by atoms with Crippen molar-refractivity contribution >= 4 is 16.0 Å². The Morgan fingerprint density at radius 3 is 2.52 bits per heavy atom. The Hall–Kier alpha value is -2.65. The number of sulfonamides is 1. The van der Waals surface area contributed by atoms with Gasteiger partial charge in [-0.15, -0.1) is 0 Å². The van der Waals surface area contributed by atoms with E-state index in [4.69, 9.17) is 4.74 Å². The number of rotatable bonds is 9. The van der Waals surface area contributed by atoms with E-state index in [0.29, 0.717) is 6.42 Å². The minimum absolute atomic E-state index is 0.0768. The van der Waals surface area contributed by atoms with Crippen molar-refractivity contribution in [2.75, 3.05) is 6.61 Å². The van der Waals surface area contributed by atoms with Crippen LogP contribution in [0.4, 0.5) is 0 Å². The van der Waals surface area contributed by atoms with Gasteiger partial charge in [0.05, 0.1) is 18.0 Å². The maximum Gasteiger partial charge on any atom is 0.356 e. The molecule has 2 N–H and O–H groups in total. The van der Waals surface area contributed by atoms with Gasteiger partial charge in [0.15, 0.2) is 11.4 Å². The summed E-state index contributed by atoms with van der Waals surface area (Å²) in [6.07, 6.45) is 1.52. The molecule has 1 aromatic heterocycles. The molecule has 0 unspecified atom stereocenters. The Labute approximate surface area is 157 Å². The number of hydrogen-bond acceptors (Lipinski definition) is 5. The molecule has 1 aromatic carbocycles. The molecule has 27 heavy (non-hydrogen) atoms. The highest BCUT2D eigenvalue weighted by molar-refractivity contribution is 7.89. The van der Waals surface area contributed by atoms with Crippen molar-refractivity contribution in [3.63, 3.8) is 0 Å². The number of carboxylic acid groups (broad SMARTS) is 1. The summed E-state index contributed by atoms with van der Waals surface area (Å²) in [6.45, 7) is 1.94. The predicted octanol–water partition coefficient (Wildman–Crippen LogP) is 1.74. The zero-order valence-electron chi connectivity index (χ0n) is 15.1. The van der Waals surface area contributed by atoms with Crippen molar-refractivity contribution in [1.82, 2.24) is 9.29 Å². The molecule has 8 nitrogen and oxygen atoms in total. The first-order chi connectivity index (χ1) is 12.8. The molecule has 0 amide bonds. The highest BCUT2D eigenvalue weighted by Gasteiger charge is 2.22. The summed E-state index contributed by atoms with van der Waals surface area (Å²) in [5.74, 6) is -1.57. The van der Waals surface area contributed by atoms with Gasteiger partial charge in [0, 0.05) is 18.8 Å². The van der Waals surface area contributed by atoms with Crippen LogP contribution in [-0.4, -0.2) is 30.7 Å². The van der Waals surface area contributed by atoms with Gasteiger partial charge in [0.1, 0.15) is 0 Å². The van der Waals surface area contributed by atoms with Crippen LogP contribution < -0.4 is 14.9 Å². The Kier molecular flexibility index (Phi) is 6.75. The number of ether oxygens (including phenoxy) is 1. The number of carboxylic acids is 1. The molecule has 0 aliphatic rings. The van der Waals surface area contributed by atoms with Crippen molar-refractivity contribution in [2.45, 2.75) is 31.2 Å². The van der Waals surface area contributed by atoms with Gasteiger partial charge in [0.25, 0.3) is 0 Å². The predicted molar refractivity (Wildman–Crippen MR) is 99.5 cm³/mol. The smallest absolute Gasteiger partial charge is 0.356 e. The lowest BCUT2D eigenvalue weighted by Gasteiger charge is -2.16. The number of carbonyl (C=O) groups is 1. The Bertz CT molecular complexity index is 967. The zero-order valence-corrected chi connectivity index (χ0v) is 16.0. The highest BCUT2D eigenvalue weighted by atomic mass is 32.2. The normalized spacial score (nSPS) is 11.3. The SMILES string of the molecule is CCCCOc1c(C(=O)O)n(C)c(CNS(=O)(=O)c2ccccc2)cc1=O. The van der Waals surface area contributed by atoms with Crippen LogP contribution in [0.2, 0.25) is 0 Å². The third-order valence-corrected chi connectivity index (χ3v) is 5.36. The number of nitrogens with one attached hydrogen (secondary N) is 1. The van der Waals surface area contributed by atoms with Crippen molar-refractivity contribution in [1.29, 1.82) is 0 Å². The molecule has 0 aliphatic heterocycles. The summed E-state index contributed by atoms with van der Waals surface area (Å²) >= 11 is 0. The number of nitrogens with zero attached hydrogens (tertiary/aromatic N) is 1. The van der Waals surface area contributed by atoms with Crippen molar-refractivity contribution in [2.24, 2.45) is 7.05 Å². The Morgan fingerprint density at radius 2 is 1.93 bits per heavy atom. The minimum atomic E-state index is -3.79. The molecule has 0 saturated carbocycles. The first-order valence-electron chi connectivity index (χ1n) is 8.41. The standard InChI is InChI=1S/C18H22N2O6S/c1-3-4-10-26-17-15(21)11-13(20(2)16(17)18(22)23)12-19-27(24,25)14-8-6-5-7-9-14/h5-9,11,19H,3-4,10,12H2,1-2H3,(H,22,23). The summed E-state index contributed by atoms with van der Waals surface area (Å²) in [7, 11) is -2.35. The number of aromatic nitrogens is 1. The van der Waals surface area contributed by atoms with E-state index < -0.39 is 21.4 Å². The molecule has 0 atom stereocenters. The average molecular weight is 394 g/mol. The van der Waals surface area contributed by atoms with Gasteiger partial charge in [0.2, 0.25) is 15.5 Å². The summed E-state index contributed by atoms with van der Waals surface area (Å²) in [5, 5.41) is 9.48. The van der Waals surface area contributed by atoms with Crippen LogP contribution in [-0.2, 0) is 23.6 Å². The van der Waals surface area contributed by atoms with Crippen molar-refractivity contribution in [3.8, 4) is 5.75 Å². The monoisotopic (exact) mass is 394 g/mol. The van der Waals surface area contributed by atoms with E-state index in [-0.39, 0.29) is 35.2 Å². The number of benzene rings is 1. The second kappa shape index (κ2) is 8.83. The van der Waals surface area contributed by atoms with Gasteiger partial charge in [-0.05, 0) is 18.6 Å². The highest BCUT2D eigenvalue weighted by Crippen LogP contribution is 2.16. The van der Waals surface area contributed by atoms with Gasteiger partial charge in [-0.3, -0.25) is 4.79 Å². The van der Waals surface area contributed by atoms with Gasteiger partial charge >= 0.3 is 5.97 Å². The van der Waals surface area contributed by atoms with E-state index in [1.54, 1.807) is 18.2 Å². The lowest BCUT2D eigenvalue weighted by atomic mass is 10.2. The van der Waals surface area contributed by atoms with E-state index >= 15 is 0 Å². The molecule has 0 aliphatic carbocycles. The first kappa shape index (κ1) is 20.7. The molecule has 2 aromatic rings. The first-order valence-corrected chi connectivity index (χ1v) is 9.90. The van der Waals surface area contributed by atoms with Crippen molar-refractivity contribution < 1.29 is 23.1 Å². The molecule has 0 spiro atoms. The largest absolute Gasteiger partial charge is 0.487 e. The van der Waals surface area contributed by atoms with Crippen LogP contribution in [0.3, 0.4) is 0 Å². The summed E-state index contributed by atoms with van der Waals surface area (Å²) in [5.41, 5.74) is -0.706. The fourth-order valence-electron chi connectivity index (χ4n) is 2.45. The molecule has 0 fully saturated rings. The van der Waals surface area contributed by atoms with Crippen LogP contribution in [0, 0.1) is 0 Å². The molecule has 1 heterocycles. The van der Waals surface area contributed by atoms with Crippen LogP contribution >= 0.6 is 0 Å². The minimum Gasteiger partial charge on any atom is -0.487 e. The number of aromatic carboxylic acids is 1. The Morgan fingerprint density at radius 1 is 1.26 bits per heavy atom. The fraction of sp³-hybridized carbons (Fsp3) is 0.333. The average Bonchev–Trinajstić information content (AvgIpc) is 2.63. The van der Waals surface area contributed by atoms with Crippen LogP contribution in [0.1, 0.15) is 35.9 Å². The van der Waals surface area contributed by atoms with Crippen LogP contribution in [0.5, 0.6) is 5.75 Å². The van der Waals surface area contributed by atoms with Crippen molar-refractivity contribution in [3.05, 3.63) is 58.0 Å². The zero-order chi connectivity index (χ0) is 20.0. The lowest BCUT2D eigenvalue weighted by molar-refractivity contribution is 0.0679. The van der Waals surface area contributed by atoms with E-state index in [1.807, 2.05) is 6.92 Å². The lowest BCUT2D eigenvalue weighted by Crippen LogP contribution is -2.28. The molecular formula is C18H22N2O6S. The maximum atomic E-state index is 12.3. The van der Waals surface area contributed by atoms with Gasteiger partial charge in [-0.1, -0.05) is 31.5 Å². The third-order valence-electron chi connectivity index (χ3n) is 3.95. The van der Waals surface area contributed by atoms with Crippen LogP contribution in [0.25, 0.3) is 0 Å².